The van der Waals surface area contributed by atoms with Gasteiger partial charge in [-0.2, -0.15) is 14.6 Å². The fourth-order valence-corrected chi connectivity index (χ4v) is 5.23. The van der Waals surface area contributed by atoms with E-state index in [1.54, 1.807) is 16.8 Å². The van der Waals surface area contributed by atoms with Crippen molar-refractivity contribution in [3.8, 4) is 22.6 Å². The Balaban J connectivity index is 1.58. The Bertz CT molecular complexity index is 1500. The van der Waals surface area contributed by atoms with Crippen LogP contribution in [0.5, 0.6) is 11.5 Å². The van der Waals surface area contributed by atoms with Crippen LogP contribution in [0, 0.1) is 0 Å². The van der Waals surface area contributed by atoms with Crippen molar-refractivity contribution >= 4 is 51.7 Å². The van der Waals surface area contributed by atoms with Crippen molar-refractivity contribution in [1.82, 2.24) is 34.8 Å². The van der Waals surface area contributed by atoms with E-state index in [2.05, 4.69) is 37.2 Å². The number of carbonyl (C=O) groups is 1. The number of likely N-dealkylation sites (N-methyl/N-ethyl adjacent to an activating group) is 1. The number of aromatic nitrogens is 5. The van der Waals surface area contributed by atoms with E-state index in [1.165, 1.54) is 26.6 Å². The molecule has 0 unspecified atom stereocenters. The molecule has 0 radical (unpaired) electrons. The first-order valence-electron chi connectivity index (χ1n) is 11.3. The Morgan fingerprint density at radius 2 is 1.81 bits per heavy atom. The van der Waals surface area contributed by atoms with Gasteiger partial charge in [-0.25, -0.2) is 9.97 Å². The zero-order chi connectivity index (χ0) is 26.3. The van der Waals surface area contributed by atoms with Crippen LogP contribution in [0.3, 0.4) is 0 Å². The smallest absolute Gasteiger partial charge is 0.243 e. The van der Waals surface area contributed by atoms with Gasteiger partial charge in [-0.3, -0.25) is 4.79 Å². The van der Waals surface area contributed by atoms with E-state index in [0.717, 1.165) is 0 Å². The molecule has 1 aliphatic rings. The molecule has 0 aliphatic carbocycles. The van der Waals surface area contributed by atoms with Gasteiger partial charge in [0.15, 0.2) is 11.3 Å². The average Bonchev–Trinajstić information content (AvgIpc) is 3.51. The summed E-state index contributed by atoms with van der Waals surface area (Å²) in [7, 11) is 5.02. The molecule has 1 aliphatic heterocycles. The summed E-state index contributed by atoms with van der Waals surface area (Å²) in [6.07, 6.45) is 4.38. The van der Waals surface area contributed by atoms with Gasteiger partial charge in [0.25, 0.3) is 0 Å². The third kappa shape index (κ3) is 4.50. The van der Waals surface area contributed by atoms with E-state index in [1.807, 2.05) is 13.1 Å². The van der Waals surface area contributed by atoms with Crippen LogP contribution < -0.4 is 20.1 Å². The number of nitrogens with zero attached hydrogens (tertiary/aromatic N) is 6. The molecule has 37 heavy (non-hydrogen) atoms. The standard InChI is InChI=1S/C24H24Cl2N8O3/c1-5-18(35)30-14-9-33(2)10-15(14)31-24-27-8-12-6-13(23-28-11-29-34(23)22(12)32-24)19-20(25)16(36-3)7-17(37-4)21(19)26/h5-8,11,14-15H,1,9-10H2,2-4H3,(H,30,35)(H,27,31,32)/t14-,15+/m1/s1. The summed E-state index contributed by atoms with van der Waals surface area (Å²) in [5, 5.41) is 12.0. The number of hydrogen-bond acceptors (Lipinski definition) is 9. The third-order valence-corrected chi connectivity index (χ3v) is 7.01. The number of benzene rings is 1. The number of hydrogen-bond donors (Lipinski definition) is 2. The van der Waals surface area contributed by atoms with E-state index in [4.69, 9.17) is 37.7 Å². The van der Waals surface area contributed by atoms with Crippen molar-refractivity contribution in [2.45, 2.75) is 12.1 Å². The van der Waals surface area contributed by atoms with Crippen LogP contribution in [0.4, 0.5) is 5.95 Å². The zero-order valence-corrected chi connectivity index (χ0v) is 21.8. The highest BCUT2D eigenvalue weighted by Gasteiger charge is 2.32. The summed E-state index contributed by atoms with van der Waals surface area (Å²) in [6, 6.07) is 3.25. The molecule has 3 aromatic heterocycles. The maximum absolute atomic E-state index is 11.9. The van der Waals surface area contributed by atoms with Crippen molar-refractivity contribution in [3.05, 3.63) is 47.4 Å². The topological polar surface area (TPSA) is 119 Å². The van der Waals surface area contributed by atoms with E-state index < -0.39 is 0 Å². The van der Waals surface area contributed by atoms with Gasteiger partial charge in [0.2, 0.25) is 11.9 Å². The minimum Gasteiger partial charge on any atom is -0.495 e. The maximum Gasteiger partial charge on any atom is 0.243 e. The molecule has 1 amide bonds. The summed E-state index contributed by atoms with van der Waals surface area (Å²) >= 11 is 13.4. The Morgan fingerprint density at radius 3 is 2.49 bits per heavy atom. The second-order valence-corrected chi connectivity index (χ2v) is 9.36. The number of halogens is 2. The molecule has 2 N–H and O–H groups in total. The lowest BCUT2D eigenvalue weighted by Gasteiger charge is -2.20. The number of pyridine rings is 1. The summed E-state index contributed by atoms with van der Waals surface area (Å²) in [5.41, 5.74) is 2.14. The number of ether oxygens (including phenoxy) is 2. The number of fused-ring (bicyclic) bond motifs is 3. The predicted molar refractivity (Wildman–Crippen MR) is 142 cm³/mol. The molecule has 4 heterocycles. The molecule has 0 spiro atoms. The lowest BCUT2D eigenvalue weighted by molar-refractivity contribution is -0.117. The van der Waals surface area contributed by atoms with Crippen LogP contribution in [-0.2, 0) is 4.79 Å². The highest BCUT2D eigenvalue weighted by Crippen LogP contribution is 2.47. The molecule has 192 valence electrons. The second-order valence-electron chi connectivity index (χ2n) is 8.60. The molecule has 1 aromatic carbocycles. The highest BCUT2D eigenvalue weighted by molar-refractivity contribution is 6.41. The quantitative estimate of drug-likeness (QED) is 0.339. The van der Waals surface area contributed by atoms with Gasteiger partial charge in [-0.1, -0.05) is 29.8 Å². The van der Waals surface area contributed by atoms with Crippen LogP contribution >= 0.6 is 23.2 Å². The number of methoxy groups -OCH3 is 2. The minimum absolute atomic E-state index is 0.0984. The van der Waals surface area contributed by atoms with Gasteiger partial charge in [-0.05, 0) is 19.2 Å². The summed E-state index contributed by atoms with van der Waals surface area (Å²) in [6.45, 7) is 4.92. The van der Waals surface area contributed by atoms with Gasteiger partial charge in [0, 0.05) is 41.9 Å². The SMILES string of the molecule is C=CC(=O)N[C@@H]1CN(C)C[C@@H]1Nc1ncc2cc(-c3c(Cl)c(OC)cc(OC)c3Cl)c3ncnn3c2n1. The first-order valence-corrected chi connectivity index (χ1v) is 12.1. The van der Waals surface area contributed by atoms with Gasteiger partial charge < -0.3 is 25.0 Å². The Kier molecular flexibility index (Phi) is 6.76. The average molecular weight is 543 g/mol. The van der Waals surface area contributed by atoms with Crippen molar-refractivity contribution in [2.24, 2.45) is 0 Å². The summed E-state index contributed by atoms with van der Waals surface area (Å²) in [4.78, 5) is 27.7. The second kappa shape index (κ2) is 10.0. The summed E-state index contributed by atoms with van der Waals surface area (Å²) in [5.74, 6) is 0.987. The zero-order valence-electron chi connectivity index (χ0n) is 20.3. The fourth-order valence-electron chi connectivity index (χ4n) is 4.53. The monoisotopic (exact) mass is 542 g/mol. The van der Waals surface area contributed by atoms with Crippen molar-refractivity contribution < 1.29 is 14.3 Å². The van der Waals surface area contributed by atoms with Crippen LogP contribution in [0.2, 0.25) is 10.0 Å². The molecule has 2 atom stereocenters. The molecule has 0 bridgehead atoms. The van der Waals surface area contributed by atoms with Crippen LogP contribution in [0.25, 0.3) is 27.8 Å². The number of anilines is 1. The third-order valence-electron chi connectivity index (χ3n) is 6.26. The molecule has 11 nitrogen and oxygen atoms in total. The van der Waals surface area contributed by atoms with Crippen molar-refractivity contribution in [1.29, 1.82) is 0 Å². The number of nitrogens with one attached hydrogen (secondary N) is 2. The normalized spacial score (nSPS) is 17.8. The first kappa shape index (κ1) is 25.0. The number of amides is 1. The molecular formula is C24H24Cl2N8O3. The Hall–Kier alpha value is -3.67. The van der Waals surface area contributed by atoms with Gasteiger partial charge in [0.1, 0.15) is 17.8 Å². The maximum atomic E-state index is 11.9. The lowest BCUT2D eigenvalue weighted by Crippen LogP contribution is -2.45. The first-order chi connectivity index (χ1) is 17.8. The molecule has 1 saturated heterocycles. The van der Waals surface area contributed by atoms with Crippen LogP contribution in [0.1, 0.15) is 0 Å². The van der Waals surface area contributed by atoms with E-state index in [0.29, 0.717) is 68.4 Å². The molecule has 5 rings (SSSR count). The van der Waals surface area contributed by atoms with E-state index >= 15 is 0 Å². The van der Waals surface area contributed by atoms with Crippen LogP contribution in [0.15, 0.2) is 37.3 Å². The molecule has 0 saturated carbocycles. The molecule has 13 heteroatoms. The number of likely N-dealkylation sites (tertiary alicyclic amines) is 1. The highest BCUT2D eigenvalue weighted by atomic mass is 35.5. The summed E-state index contributed by atoms with van der Waals surface area (Å²) < 4.78 is 12.5. The fraction of sp³-hybridized carbons (Fsp3) is 0.292. The minimum atomic E-state index is -0.227. The van der Waals surface area contributed by atoms with Gasteiger partial charge in [-0.15, -0.1) is 0 Å². The predicted octanol–water partition coefficient (Wildman–Crippen LogP) is 3.06. The van der Waals surface area contributed by atoms with E-state index in [9.17, 15) is 4.79 Å². The van der Waals surface area contributed by atoms with Crippen LogP contribution in [-0.4, -0.2) is 81.8 Å². The number of carbonyl (C=O) groups excluding carboxylic acids is 1. The van der Waals surface area contributed by atoms with Gasteiger partial charge >= 0.3 is 0 Å². The van der Waals surface area contributed by atoms with Crippen molar-refractivity contribution in [3.63, 3.8) is 0 Å². The van der Waals surface area contributed by atoms with Crippen molar-refractivity contribution in [2.75, 3.05) is 39.7 Å². The van der Waals surface area contributed by atoms with E-state index in [-0.39, 0.29) is 18.0 Å². The van der Waals surface area contributed by atoms with Gasteiger partial charge in [0.05, 0.1) is 36.3 Å². The molecule has 4 aromatic rings. The largest absolute Gasteiger partial charge is 0.495 e. The number of rotatable bonds is 7. The molecular weight excluding hydrogens is 519 g/mol. The molecule has 1 fully saturated rings. The Labute approximate surface area is 222 Å². The lowest BCUT2D eigenvalue weighted by atomic mass is 10.0. The Morgan fingerprint density at radius 1 is 1.11 bits per heavy atom.